The molecule has 0 unspecified atom stereocenters. The van der Waals surface area contributed by atoms with Crippen molar-refractivity contribution in [1.82, 2.24) is 9.61 Å². The number of aryl methyl sites for hydroxylation is 1. The normalized spacial score (nSPS) is 11.5. The molecular weight excluding hydrogens is 196 g/mol. The molecule has 2 aromatic rings. The van der Waals surface area contributed by atoms with Crippen LogP contribution in [-0.4, -0.2) is 9.61 Å². The Kier molecular flexibility index (Phi) is 2.23. The van der Waals surface area contributed by atoms with Crippen LogP contribution >= 0.6 is 11.6 Å². The lowest BCUT2D eigenvalue weighted by atomic mass is 10.1. The van der Waals surface area contributed by atoms with Crippen molar-refractivity contribution in [3.63, 3.8) is 0 Å². The summed E-state index contributed by atoms with van der Waals surface area (Å²) in [7, 11) is 0. The Balaban J connectivity index is 2.77. The number of pyridine rings is 1. The van der Waals surface area contributed by atoms with Gasteiger partial charge in [-0.15, -0.1) is 0 Å². The van der Waals surface area contributed by atoms with E-state index in [1.807, 2.05) is 29.8 Å². The number of hydrogen-bond donors (Lipinski definition) is 0. The van der Waals surface area contributed by atoms with Gasteiger partial charge in [0.2, 0.25) is 0 Å². The molecule has 0 saturated heterocycles. The minimum absolute atomic E-state index is 0.494. The second-order valence-electron chi connectivity index (χ2n) is 3.82. The number of nitrogens with zero attached hydrogens (tertiary/aromatic N) is 2. The lowest BCUT2D eigenvalue weighted by Crippen LogP contribution is -1.94. The molecule has 14 heavy (non-hydrogen) atoms. The van der Waals surface area contributed by atoms with Gasteiger partial charge in [-0.25, -0.2) is 4.52 Å². The SMILES string of the molecule is Cc1c(Cl)ccc2c(C(C)C)cnn12. The van der Waals surface area contributed by atoms with Gasteiger partial charge in [-0.05, 0) is 25.0 Å². The summed E-state index contributed by atoms with van der Waals surface area (Å²) in [5.74, 6) is 0.494. The minimum atomic E-state index is 0.494. The Morgan fingerprint density at radius 3 is 2.71 bits per heavy atom. The summed E-state index contributed by atoms with van der Waals surface area (Å²) in [6.45, 7) is 6.31. The molecule has 0 aliphatic carbocycles. The van der Waals surface area contributed by atoms with Crippen LogP contribution in [-0.2, 0) is 0 Å². The number of halogens is 1. The van der Waals surface area contributed by atoms with E-state index in [2.05, 4.69) is 18.9 Å². The third kappa shape index (κ3) is 1.30. The molecule has 0 spiro atoms. The highest BCUT2D eigenvalue weighted by atomic mass is 35.5. The molecule has 0 radical (unpaired) electrons. The maximum absolute atomic E-state index is 6.02. The summed E-state index contributed by atoms with van der Waals surface area (Å²) in [5.41, 5.74) is 3.42. The Hall–Kier alpha value is -1.02. The first-order valence-corrected chi connectivity index (χ1v) is 5.12. The van der Waals surface area contributed by atoms with Gasteiger partial charge in [-0.2, -0.15) is 5.10 Å². The van der Waals surface area contributed by atoms with Crippen LogP contribution in [0.4, 0.5) is 0 Å². The van der Waals surface area contributed by atoms with Crippen molar-refractivity contribution in [2.75, 3.05) is 0 Å². The average molecular weight is 209 g/mol. The van der Waals surface area contributed by atoms with Gasteiger partial charge in [-0.3, -0.25) is 0 Å². The maximum Gasteiger partial charge on any atom is 0.0700 e. The van der Waals surface area contributed by atoms with E-state index < -0.39 is 0 Å². The Morgan fingerprint density at radius 1 is 1.36 bits per heavy atom. The van der Waals surface area contributed by atoms with Crippen LogP contribution in [0.5, 0.6) is 0 Å². The second-order valence-corrected chi connectivity index (χ2v) is 4.23. The molecule has 0 amide bonds. The number of hydrogen-bond acceptors (Lipinski definition) is 1. The number of rotatable bonds is 1. The van der Waals surface area contributed by atoms with Crippen molar-refractivity contribution in [2.24, 2.45) is 0 Å². The lowest BCUT2D eigenvalue weighted by molar-refractivity contribution is 0.875. The van der Waals surface area contributed by atoms with Crippen LogP contribution in [0.3, 0.4) is 0 Å². The Morgan fingerprint density at radius 2 is 2.07 bits per heavy atom. The van der Waals surface area contributed by atoms with E-state index >= 15 is 0 Å². The standard InChI is InChI=1S/C11H13ClN2/c1-7(2)9-6-13-14-8(3)10(12)4-5-11(9)14/h4-7H,1-3H3. The molecular formula is C11H13ClN2. The van der Waals surface area contributed by atoms with Crippen LogP contribution in [0.2, 0.25) is 5.02 Å². The van der Waals surface area contributed by atoms with E-state index in [-0.39, 0.29) is 0 Å². The Bertz CT molecular complexity index is 471. The van der Waals surface area contributed by atoms with Crippen molar-refractivity contribution >= 4 is 17.1 Å². The predicted molar refractivity (Wildman–Crippen MR) is 59.0 cm³/mol. The van der Waals surface area contributed by atoms with E-state index in [0.717, 1.165) is 16.2 Å². The van der Waals surface area contributed by atoms with Crippen molar-refractivity contribution in [3.8, 4) is 0 Å². The van der Waals surface area contributed by atoms with Gasteiger partial charge in [0.25, 0.3) is 0 Å². The van der Waals surface area contributed by atoms with Crippen molar-refractivity contribution in [3.05, 3.63) is 34.6 Å². The zero-order valence-electron chi connectivity index (χ0n) is 8.58. The highest BCUT2D eigenvalue weighted by molar-refractivity contribution is 6.31. The maximum atomic E-state index is 6.02. The Labute approximate surface area is 88.5 Å². The molecule has 0 aromatic carbocycles. The van der Waals surface area contributed by atoms with E-state index in [4.69, 9.17) is 11.6 Å². The first kappa shape index (κ1) is 9.53. The first-order chi connectivity index (χ1) is 6.61. The van der Waals surface area contributed by atoms with Gasteiger partial charge in [0.05, 0.1) is 22.4 Å². The molecule has 74 valence electrons. The fraction of sp³-hybridized carbons (Fsp3) is 0.364. The monoisotopic (exact) mass is 208 g/mol. The van der Waals surface area contributed by atoms with Crippen LogP contribution in [0, 0.1) is 6.92 Å². The summed E-state index contributed by atoms with van der Waals surface area (Å²) >= 11 is 6.02. The molecule has 0 saturated carbocycles. The molecule has 0 bridgehead atoms. The van der Waals surface area contributed by atoms with Gasteiger partial charge in [-0.1, -0.05) is 25.4 Å². The smallest absolute Gasteiger partial charge is 0.0700 e. The largest absolute Gasteiger partial charge is 0.236 e. The van der Waals surface area contributed by atoms with Crippen molar-refractivity contribution in [1.29, 1.82) is 0 Å². The van der Waals surface area contributed by atoms with E-state index in [9.17, 15) is 0 Å². The predicted octanol–water partition coefficient (Wildman–Crippen LogP) is 3.42. The molecule has 0 aliphatic rings. The van der Waals surface area contributed by atoms with Crippen LogP contribution in [0.15, 0.2) is 18.3 Å². The van der Waals surface area contributed by atoms with Gasteiger partial charge in [0.1, 0.15) is 0 Å². The lowest BCUT2D eigenvalue weighted by Gasteiger charge is -2.04. The second kappa shape index (κ2) is 3.28. The molecule has 0 aliphatic heterocycles. The third-order valence-electron chi connectivity index (χ3n) is 2.51. The summed E-state index contributed by atoms with van der Waals surface area (Å²) < 4.78 is 1.90. The van der Waals surface area contributed by atoms with Gasteiger partial charge in [0.15, 0.2) is 0 Å². The van der Waals surface area contributed by atoms with Crippen LogP contribution in [0.25, 0.3) is 5.52 Å². The molecule has 2 rings (SSSR count). The third-order valence-corrected chi connectivity index (χ3v) is 2.91. The quantitative estimate of drug-likeness (QED) is 0.702. The zero-order valence-corrected chi connectivity index (χ0v) is 9.34. The van der Waals surface area contributed by atoms with Crippen LogP contribution < -0.4 is 0 Å². The fourth-order valence-corrected chi connectivity index (χ4v) is 1.77. The highest BCUT2D eigenvalue weighted by Crippen LogP contribution is 2.24. The van der Waals surface area contributed by atoms with E-state index in [1.165, 1.54) is 5.56 Å². The topological polar surface area (TPSA) is 17.3 Å². The number of fused-ring (bicyclic) bond motifs is 1. The summed E-state index contributed by atoms with van der Waals surface area (Å²) in [5, 5.41) is 5.09. The van der Waals surface area contributed by atoms with Crippen molar-refractivity contribution < 1.29 is 0 Å². The number of aromatic nitrogens is 2. The zero-order chi connectivity index (χ0) is 10.3. The van der Waals surface area contributed by atoms with Gasteiger partial charge in [0, 0.05) is 5.56 Å². The molecule has 0 atom stereocenters. The highest BCUT2D eigenvalue weighted by Gasteiger charge is 2.09. The van der Waals surface area contributed by atoms with E-state index in [0.29, 0.717) is 5.92 Å². The molecule has 0 fully saturated rings. The molecule has 2 nitrogen and oxygen atoms in total. The van der Waals surface area contributed by atoms with Crippen molar-refractivity contribution in [2.45, 2.75) is 26.7 Å². The summed E-state index contributed by atoms with van der Waals surface area (Å²) in [6, 6.07) is 3.96. The van der Waals surface area contributed by atoms with Crippen LogP contribution in [0.1, 0.15) is 31.0 Å². The summed E-state index contributed by atoms with van der Waals surface area (Å²) in [4.78, 5) is 0. The molecule has 2 heterocycles. The molecule has 3 heteroatoms. The molecule has 2 aromatic heterocycles. The first-order valence-electron chi connectivity index (χ1n) is 4.74. The minimum Gasteiger partial charge on any atom is -0.236 e. The molecule has 0 N–H and O–H groups in total. The fourth-order valence-electron chi connectivity index (χ4n) is 1.62. The van der Waals surface area contributed by atoms with Gasteiger partial charge < -0.3 is 0 Å². The van der Waals surface area contributed by atoms with E-state index in [1.54, 1.807) is 0 Å². The summed E-state index contributed by atoms with van der Waals surface area (Å²) in [6.07, 6.45) is 1.92. The van der Waals surface area contributed by atoms with Gasteiger partial charge >= 0.3 is 0 Å². The average Bonchev–Trinajstić information content (AvgIpc) is 2.55.